The van der Waals surface area contributed by atoms with Crippen LogP contribution in [0.5, 0.6) is 0 Å². The quantitative estimate of drug-likeness (QED) is 0.819. The van der Waals surface area contributed by atoms with Gasteiger partial charge in [0, 0.05) is 32.1 Å². The molecule has 1 N–H and O–H groups in total. The Kier molecular flexibility index (Phi) is 7.10. The summed E-state index contributed by atoms with van der Waals surface area (Å²) in [5.41, 5.74) is 0. The molecule has 1 unspecified atom stereocenters. The van der Waals surface area contributed by atoms with Crippen molar-refractivity contribution in [2.75, 3.05) is 26.2 Å². The first-order chi connectivity index (χ1) is 13.5. The molecule has 0 aliphatic carbocycles. The Morgan fingerprint density at radius 1 is 1.00 bits per heavy atom. The Labute approximate surface area is 171 Å². The number of piperidine rings is 2. The Morgan fingerprint density at radius 3 is 2.21 bits per heavy atom. The number of nitrogens with one attached hydrogen (secondary N) is 1. The van der Waals surface area contributed by atoms with Crippen LogP contribution in [0.3, 0.4) is 0 Å². The number of likely N-dealkylation sites (tertiary alicyclic amines) is 2. The largest absolute Gasteiger partial charge is 0.342 e. The molecule has 28 heavy (non-hydrogen) atoms. The van der Waals surface area contributed by atoms with Crippen molar-refractivity contribution in [3.05, 3.63) is 22.4 Å². The summed E-state index contributed by atoms with van der Waals surface area (Å²) in [5.74, 6) is 0.0830. The molecule has 0 spiro atoms. The molecule has 1 atom stereocenters. The van der Waals surface area contributed by atoms with Gasteiger partial charge in [0.25, 0.3) is 5.91 Å². The van der Waals surface area contributed by atoms with Gasteiger partial charge in [-0.3, -0.25) is 14.4 Å². The Balaban J connectivity index is 1.70. The van der Waals surface area contributed by atoms with E-state index in [2.05, 4.69) is 5.32 Å². The van der Waals surface area contributed by atoms with Crippen LogP contribution in [-0.4, -0.2) is 59.7 Å². The fraction of sp³-hybridized carbons (Fsp3) is 0.667. The van der Waals surface area contributed by atoms with E-state index in [4.69, 9.17) is 0 Å². The topological polar surface area (TPSA) is 69.7 Å². The van der Waals surface area contributed by atoms with E-state index in [1.165, 1.54) is 11.3 Å². The molecule has 1 aromatic heterocycles. The molecule has 6 nitrogen and oxygen atoms in total. The molecule has 3 rings (SSSR count). The van der Waals surface area contributed by atoms with Gasteiger partial charge in [-0.05, 0) is 49.5 Å². The molecule has 0 saturated carbocycles. The number of carbonyl (C=O) groups is 3. The minimum absolute atomic E-state index is 0.0131. The van der Waals surface area contributed by atoms with E-state index in [1.807, 2.05) is 35.1 Å². The molecule has 3 amide bonds. The van der Waals surface area contributed by atoms with E-state index in [0.717, 1.165) is 45.2 Å². The zero-order chi connectivity index (χ0) is 20.1. The van der Waals surface area contributed by atoms with E-state index in [1.54, 1.807) is 6.07 Å². The fourth-order valence-corrected chi connectivity index (χ4v) is 4.76. The van der Waals surface area contributed by atoms with Crippen LogP contribution in [0.1, 0.15) is 55.6 Å². The maximum absolute atomic E-state index is 13.3. The van der Waals surface area contributed by atoms with Crippen LogP contribution >= 0.6 is 11.3 Å². The summed E-state index contributed by atoms with van der Waals surface area (Å²) in [6, 6.07) is 3.12. The van der Waals surface area contributed by atoms with Gasteiger partial charge in [0.05, 0.1) is 4.88 Å². The highest BCUT2D eigenvalue weighted by Gasteiger charge is 2.36. The average Bonchev–Trinajstić information content (AvgIpc) is 3.26. The fourth-order valence-electron chi connectivity index (χ4n) is 4.13. The highest BCUT2D eigenvalue weighted by molar-refractivity contribution is 7.12. The number of thiophene rings is 1. The van der Waals surface area contributed by atoms with Gasteiger partial charge >= 0.3 is 0 Å². The van der Waals surface area contributed by atoms with Gasteiger partial charge in [0.15, 0.2) is 0 Å². The minimum Gasteiger partial charge on any atom is -0.342 e. The number of nitrogens with zero attached hydrogens (tertiary/aromatic N) is 2. The lowest BCUT2D eigenvalue weighted by atomic mass is 9.87. The molecule has 2 fully saturated rings. The molecule has 0 bridgehead atoms. The second-order valence-corrected chi connectivity index (χ2v) is 9.08. The molecule has 0 aromatic carbocycles. The maximum Gasteiger partial charge on any atom is 0.262 e. The van der Waals surface area contributed by atoms with Crippen molar-refractivity contribution in [1.29, 1.82) is 0 Å². The minimum atomic E-state index is -0.510. The summed E-state index contributed by atoms with van der Waals surface area (Å²) in [4.78, 5) is 42.6. The normalized spacial score (nSPS) is 19.5. The Morgan fingerprint density at radius 2 is 1.64 bits per heavy atom. The monoisotopic (exact) mass is 405 g/mol. The van der Waals surface area contributed by atoms with Crippen molar-refractivity contribution in [3.8, 4) is 0 Å². The predicted molar refractivity (Wildman–Crippen MR) is 110 cm³/mol. The van der Waals surface area contributed by atoms with Gasteiger partial charge in [-0.25, -0.2) is 0 Å². The SMILES string of the molecule is CC(C)C(=O)N1CCC(C(NC(=O)c2cccs2)C(=O)N2CCCCC2)CC1. The molecule has 2 aliphatic rings. The molecule has 7 heteroatoms. The highest BCUT2D eigenvalue weighted by Crippen LogP contribution is 2.25. The van der Waals surface area contributed by atoms with Crippen molar-refractivity contribution in [1.82, 2.24) is 15.1 Å². The average molecular weight is 406 g/mol. The zero-order valence-corrected chi connectivity index (χ0v) is 17.7. The van der Waals surface area contributed by atoms with Crippen molar-refractivity contribution in [2.24, 2.45) is 11.8 Å². The molecule has 1 aromatic rings. The van der Waals surface area contributed by atoms with E-state index in [0.29, 0.717) is 18.0 Å². The van der Waals surface area contributed by atoms with Gasteiger partial charge in [-0.2, -0.15) is 0 Å². The van der Waals surface area contributed by atoms with Crippen LogP contribution in [0.4, 0.5) is 0 Å². The Hall–Kier alpha value is -1.89. The number of carbonyl (C=O) groups excluding carboxylic acids is 3. The molecule has 0 radical (unpaired) electrons. The summed E-state index contributed by atoms with van der Waals surface area (Å²) in [7, 11) is 0. The van der Waals surface area contributed by atoms with Gasteiger partial charge in [-0.15, -0.1) is 11.3 Å². The number of hydrogen-bond donors (Lipinski definition) is 1. The second kappa shape index (κ2) is 9.54. The van der Waals surface area contributed by atoms with Crippen LogP contribution in [0.25, 0.3) is 0 Å². The van der Waals surface area contributed by atoms with E-state index < -0.39 is 6.04 Å². The lowest BCUT2D eigenvalue weighted by molar-refractivity contribution is -0.138. The molecule has 2 saturated heterocycles. The lowest BCUT2D eigenvalue weighted by Crippen LogP contribution is -2.55. The van der Waals surface area contributed by atoms with Crippen LogP contribution < -0.4 is 5.32 Å². The van der Waals surface area contributed by atoms with Gasteiger partial charge in [-0.1, -0.05) is 19.9 Å². The molecule has 2 aliphatic heterocycles. The van der Waals surface area contributed by atoms with Crippen LogP contribution in [0, 0.1) is 11.8 Å². The Bertz CT molecular complexity index is 675. The standard InChI is InChI=1S/C21H31N3O3S/c1-15(2)20(26)24-12-8-16(9-13-24)18(21(27)23-10-4-3-5-11-23)22-19(25)17-7-6-14-28-17/h6-7,14-16,18H,3-5,8-13H2,1-2H3,(H,22,25). The van der Waals surface area contributed by atoms with Crippen molar-refractivity contribution in [2.45, 2.75) is 52.0 Å². The lowest BCUT2D eigenvalue weighted by Gasteiger charge is -2.39. The maximum atomic E-state index is 13.3. The van der Waals surface area contributed by atoms with Crippen molar-refractivity contribution < 1.29 is 14.4 Å². The second-order valence-electron chi connectivity index (χ2n) is 8.13. The van der Waals surface area contributed by atoms with Gasteiger partial charge in [0.1, 0.15) is 6.04 Å². The van der Waals surface area contributed by atoms with E-state index in [9.17, 15) is 14.4 Å². The van der Waals surface area contributed by atoms with Crippen molar-refractivity contribution in [3.63, 3.8) is 0 Å². The van der Waals surface area contributed by atoms with Crippen molar-refractivity contribution >= 4 is 29.1 Å². The summed E-state index contributed by atoms with van der Waals surface area (Å²) < 4.78 is 0. The zero-order valence-electron chi connectivity index (χ0n) is 16.9. The summed E-state index contributed by atoms with van der Waals surface area (Å²) in [5, 5.41) is 4.90. The van der Waals surface area contributed by atoms with Crippen LogP contribution in [0.2, 0.25) is 0 Å². The number of rotatable bonds is 5. The third-order valence-electron chi connectivity index (χ3n) is 5.78. The third kappa shape index (κ3) is 4.93. The number of hydrogen-bond acceptors (Lipinski definition) is 4. The van der Waals surface area contributed by atoms with Crippen LogP contribution in [0.15, 0.2) is 17.5 Å². The first-order valence-electron chi connectivity index (χ1n) is 10.4. The molecule has 154 valence electrons. The number of amides is 3. The van der Waals surface area contributed by atoms with Gasteiger partial charge < -0.3 is 15.1 Å². The summed E-state index contributed by atoms with van der Waals surface area (Å²) in [6.07, 6.45) is 4.70. The first-order valence-corrected chi connectivity index (χ1v) is 11.3. The highest BCUT2D eigenvalue weighted by atomic mass is 32.1. The molecular weight excluding hydrogens is 374 g/mol. The smallest absolute Gasteiger partial charge is 0.262 e. The van der Waals surface area contributed by atoms with E-state index in [-0.39, 0.29) is 29.6 Å². The molecular formula is C21H31N3O3S. The van der Waals surface area contributed by atoms with Gasteiger partial charge in [0.2, 0.25) is 11.8 Å². The third-order valence-corrected chi connectivity index (χ3v) is 6.65. The first kappa shape index (κ1) is 20.8. The van der Waals surface area contributed by atoms with E-state index >= 15 is 0 Å². The summed E-state index contributed by atoms with van der Waals surface area (Å²) >= 11 is 1.38. The predicted octanol–water partition coefficient (Wildman–Crippen LogP) is 2.75. The summed E-state index contributed by atoms with van der Waals surface area (Å²) in [6.45, 7) is 6.68. The molecule has 3 heterocycles. The van der Waals surface area contributed by atoms with Crippen LogP contribution in [-0.2, 0) is 9.59 Å².